The lowest BCUT2D eigenvalue weighted by atomic mass is 10.1. The van der Waals surface area contributed by atoms with E-state index in [-0.39, 0.29) is 10.6 Å². The van der Waals surface area contributed by atoms with Crippen LogP contribution in [0.3, 0.4) is 0 Å². The van der Waals surface area contributed by atoms with E-state index in [0.29, 0.717) is 26.2 Å². The molecule has 0 radical (unpaired) electrons. The molecule has 3 rings (SSSR count). The lowest BCUT2D eigenvalue weighted by Crippen LogP contribution is -2.21. The summed E-state index contributed by atoms with van der Waals surface area (Å²) in [6.07, 6.45) is 0. The Morgan fingerprint density at radius 3 is 2.44 bits per heavy atom. The monoisotopic (exact) mass is 441 g/mol. The van der Waals surface area contributed by atoms with E-state index in [4.69, 9.17) is 23.2 Å². The summed E-state index contributed by atoms with van der Waals surface area (Å²) >= 11 is 10.8. The average molecular weight is 442 g/mol. The summed E-state index contributed by atoms with van der Waals surface area (Å²) in [5.41, 5.74) is 1.82. The highest BCUT2D eigenvalue weighted by atomic mass is 35.5. The second-order valence-electron chi connectivity index (χ2n) is 5.57. The van der Waals surface area contributed by atoms with Crippen molar-refractivity contribution in [1.29, 1.82) is 0 Å². The smallest absolute Gasteiger partial charge is 0.348 e. The van der Waals surface area contributed by atoms with E-state index in [1.54, 1.807) is 49.4 Å². The van der Waals surface area contributed by atoms with Gasteiger partial charge in [0.25, 0.3) is 11.3 Å². The quantitative estimate of drug-likeness (QED) is 0.475. The Labute approximate surface area is 172 Å². The minimum Gasteiger partial charge on any atom is -0.477 e. The summed E-state index contributed by atoms with van der Waals surface area (Å²) in [5.74, 6) is -1.21. The number of halogens is 2. The van der Waals surface area contributed by atoms with Gasteiger partial charge in [0.2, 0.25) is 0 Å². The van der Waals surface area contributed by atoms with E-state index >= 15 is 0 Å². The maximum Gasteiger partial charge on any atom is 0.348 e. The van der Waals surface area contributed by atoms with E-state index in [1.165, 1.54) is 6.07 Å². The summed E-state index contributed by atoms with van der Waals surface area (Å²) in [4.78, 5) is 12.3. The second kappa shape index (κ2) is 8.00. The van der Waals surface area contributed by atoms with Crippen molar-refractivity contribution in [3.05, 3.63) is 69.0 Å². The number of carboxylic acid groups (broad SMARTS) is 1. The fourth-order valence-electron chi connectivity index (χ4n) is 2.59. The molecule has 0 aliphatic carbocycles. The van der Waals surface area contributed by atoms with Crippen LogP contribution in [0.5, 0.6) is 0 Å². The average Bonchev–Trinajstić information content (AvgIpc) is 3.03. The maximum absolute atomic E-state index is 12.1. The van der Waals surface area contributed by atoms with Crippen LogP contribution >= 0.6 is 34.5 Å². The van der Waals surface area contributed by atoms with Gasteiger partial charge in [-0.25, -0.2) is 13.3 Å². The predicted molar refractivity (Wildman–Crippen MR) is 111 cm³/mol. The number of aryl methyl sites for hydroxylation is 1. The Morgan fingerprint density at radius 2 is 1.81 bits per heavy atom. The molecule has 5 nitrogen and oxygen atoms in total. The van der Waals surface area contributed by atoms with Gasteiger partial charge in [-0.2, -0.15) is 0 Å². The minimum atomic E-state index is -2.48. The third kappa shape index (κ3) is 4.02. The molecule has 0 aliphatic heterocycles. The van der Waals surface area contributed by atoms with Gasteiger partial charge in [0.05, 0.1) is 11.4 Å². The molecule has 140 valence electrons. The molecule has 1 unspecified atom stereocenters. The first-order chi connectivity index (χ1) is 12.8. The highest BCUT2D eigenvalue weighted by molar-refractivity contribution is 7.81. The number of benzene rings is 2. The molecule has 2 aromatic carbocycles. The maximum atomic E-state index is 12.1. The molecule has 2 N–H and O–H groups in total. The van der Waals surface area contributed by atoms with E-state index in [1.807, 2.05) is 0 Å². The number of hydrogen-bond donors (Lipinski definition) is 2. The fraction of sp³-hybridized carbons (Fsp3) is 0.0556. The van der Waals surface area contributed by atoms with E-state index in [2.05, 4.69) is 0 Å². The van der Waals surface area contributed by atoms with Crippen molar-refractivity contribution in [2.24, 2.45) is 0 Å². The summed E-state index contributed by atoms with van der Waals surface area (Å²) < 4.78 is 23.1. The Balaban J connectivity index is 2.24. The Bertz CT molecular complexity index is 1050. The molecule has 9 heteroatoms. The van der Waals surface area contributed by atoms with E-state index < -0.39 is 17.2 Å². The van der Waals surface area contributed by atoms with Crippen LogP contribution in [0, 0.1) is 6.92 Å². The van der Waals surface area contributed by atoms with E-state index in [9.17, 15) is 18.7 Å². The Kier molecular flexibility index (Phi) is 5.88. The number of hydrogen-bond acceptors (Lipinski definition) is 3. The molecule has 0 bridgehead atoms. The minimum absolute atomic E-state index is 0.0771. The number of aromatic carboxylic acids is 1. The summed E-state index contributed by atoms with van der Waals surface area (Å²) in [5, 5.41) is 10.5. The predicted octanol–water partition coefficient (Wildman–Crippen LogP) is 6.00. The van der Waals surface area contributed by atoms with Crippen molar-refractivity contribution in [2.45, 2.75) is 6.92 Å². The molecule has 0 amide bonds. The molecule has 1 atom stereocenters. The summed E-state index contributed by atoms with van der Waals surface area (Å²) in [6, 6.07) is 13.3. The van der Waals surface area contributed by atoms with Crippen LogP contribution in [-0.2, 0) is 11.3 Å². The largest absolute Gasteiger partial charge is 0.477 e. The third-order valence-corrected chi connectivity index (χ3v) is 6.23. The number of carbonyl (C=O) groups is 1. The standard InChI is InChI=1S/C18H13Cl2NO4S2/c1-10-4-2-3-5-14(10)21(27(24)25)15-9-16(26-17(15)18(22)23)12-8-11(19)6-7-13(12)20/h2-9H,1H3,(H,22,23)(H,24,25). The molecular formula is C18H13Cl2NO4S2. The number of thiophene rings is 1. The lowest BCUT2D eigenvalue weighted by Gasteiger charge is -2.21. The van der Waals surface area contributed by atoms with Crippen molar-refractivity contribution in [1.82, 2.24) is 0 Å². The first-order valence-electron chi connectivity index (χ1n) is 7.59. The van der Waals surface area contributed by atoms with Crippen molar-refractivity contribution in [3.8, 4) is 10.4 Å². The highest BCUT2D eigenvalue weighted by Crippen LogP contribution is 2.43. The normalized spacial score (nSPS) is 12.0. The van der Waals surface area contributed by atoms with Crippen LogP contribution in [-0.4, -0.2) is 19.8 Å². The van der Waals surface area contributed by atoms with Gasteiger partial charge in [-0.3, -0.25) is 4.55 Å². The van der Waals surface area contributed by atoms with Gasteiger partial charge >= 0.3 is 5.97 Å². The molecule has 3 aromatic rings. The number of para-hydroxylation sites is 1. The molecular weight excluding hydrogens is 429 g/mol. The summed E-state index contributed by atoms with van der Waals surface area (Å²) in [6.45, 7) is 1.77. The molecule has 1 heterocycles. The Hall–Kier alpha value is -1.90. The van der Waals surface area contributed by atoms with Gasteiger partial charge in [0.1, 0.15) is 4.88 Å². The van der Waals surface area contributed by atoms with Crippen molar-refractivity contribution >= 4 is 63.1 Å². The molecule has 0 saturated heterocycles. The van der Waals surface area contributed by atoms with Gasteiger partial charge in [-0.1, -0.05) is 41.4 Å². The van der Waals surface area contributed by atoms with E-state index in [0.717, 1.165) is 21.2 Å². The Morgan fingerprint density at radius 1 is 1.11 bits per heavy atom. The van der Waals surface area contributed by atoms with Gasteiger partial charge in [-0.15, -0.1) is 11.3 Å². The number of nitrogens with zero attached hydrogens (tertiary/aromatic N) is 1. The molecule has 1 aromatic heterocycles. The van der Waals surface area contributed by atoms with Crippen molar-refractivity contribution in [2.75, 3.05) is 4.31 Å². The van der Waals surface area contributed by atoms with Crippen LogP contribution in [0.25, 0.3) is 10.4 Å². The van der Waals surface area contributed by atoms with Crippen LogP contribution in [0.2, 0.25) is 10.0 Å². The molecule has 0 saturated carbocycles. The van der Waals surface area contributed by atoms with Crippen LogP contribution < -0.4 is 4.31 Å². The zero-order valence-electron chi connectivity index (χ0n) is 13.8. The van der Waals surface area contributed by atoms with Crippen LogP contribution in [0.1, 0.15) is 15.2 Å². The fourth-order valence-corrected chi connectivity index (χ4v) is 4.80. The number of rotatable bonds is 5. The van der Waals surface area contributed by atoms with Crippen molar-refractivity contribution < 1.29 is 18.7 Å². The molecule has 0 fully saturated rings. The first kappa shape index (κ1) is 19.9. The van der Waals surface area contributed by atoms with Gasteiger partial charge in [-0.05, 0) is 42.8 Å². The van der Waals surface area contributed by atoms with Gasteiger partial charge in [0.15, 0.2) is 0 Å². The molecule has 0 spiro atoms. The number of anilines is 2. The molecule has 27 heavy (non-hydrogen) atoms. The van der Waals surface area contributed by atoms with Gasteiger partial charge < -0.3 is 5.11 Å². The zero-order chi connectivity index (χ0) is 19.7. The van der Waals surface area contributed by atoms with Crippen molar-refractivity contribution in [3.63, 3.8) is 0 Å². The van der Waals surface area contributed by atoms with Gasteiger partial charge in [0, 0.05) is 20.5 Å². The molecule has 0 aliphatic rings. The zero-order valence-corrected chi connectivity index (χ0v) is 17.0. The topological polar surface area (TPSA) is 77.8 Å². The first-order valence-corrected chi connectivity index (χ1v) is 10.2. The third-order valence-electron chi connectivity index (χ3n) is 3.81. The van der Waals surface area contributed by atoms with Crippen LogP contribution in [0.15, 0.2) is 48.5 Å². The van der Waals surface area contributed by atoms with Crippen LogP contribution in [0.4, 0.5) is 11.4 Å². The number of carboxylic acids is 1. The SMILES string of the molecule is Cc1ccccc1N(c1cc(-c2cc(Cl)ccc2Cl)sc1C(=O)O)S(=O)O. The lowest BCUT2D eigenvalue weighted by molar-refractivity contribution is 0.0703. The summed E-state index contributed by atoms with van der Waals surface area (Å²) in [7, 11) is 0. The second-order valence-corrected chi connectivity index (χ2v) is 8.29. The highest BCUT2D eigenvalue weighted by Gasteiger charge is 2.27.